The Kier molecular flexibility index (Phi) is 2.92. The van der Waals surface area contributed by atoms with Crippen LogP contribution < -0.4 is 15.2 Å². The van der Waals surface area contributed by atoms with Crippen molar-refractivity contribution in [3.05, 3.63) is 23.3 Å². The molecule has 0 spiro atoms. The van der Waals surface area contributed by atoms with Crippen molar-refractivity contribution < 1.29 is 14.2 Å². The molecule has 3 rings (SSSR count). The molecule has 1 fully saturated rings. The molecule has 1 saturated carbocycles. The van der Waals surface area contributed by atoms with E-state index in [0.29, 0.717) is 19.8 Å². The molecule has 1 aromatic carbocycles. The Hall–Kier alpha value is -1.26. The summed E-state index contributed by atoms with van der Waals surface area (Å²) in [5.41, 5.74) is 8.37. The molecule has 2 N–H and O–H groups in total. The maximum absolute atomic E-state index is 6.19. The summed E-state index contributed by atoms with van der Waals surface area (Å²) in [5.74, 6) is 1.71. The fourth-order valence-corrected chi connectivity index (χ4v) is 2.37. The number of benzene rings is 1. The summed E-state index contributed by atoms with van der Waals surface area (Å²) in [4.78, 5) is 0. The number of nitrogens with two attached hydrogens (primary N) is 1. The Morgan fingerprint density at radius 1 is 1.17 bits per heavy atom. The Labute approximate surface area is 107 Å². The van der Waals surface area contributed by atoms with Crippen LogP contribution in [0.2, 0.25) is 0 Å². The van der Waals surface area contributed by atoms with Crippen molar-refractivity contribution in [3.8, 4) is 11.5 Å². The molecule has 0 amide bonds. The van der Waals surface area contributed by atoms with E-state index in [2.05, 4.69) is 12.1 Å². The Balaban J connectivity index is 1.94. The summed E-state index contributed by atoms with van der Waals surface area (Å²) < 4.78 is 16.7. The van der Waals surface area contributed by atoms with Gasteiger partial charge in [-0.25, -0.2) is 0 Å². The van der Waals surface area contributed by atoms with E-state index in [1.54, 1.807) is 7.11 Å². The second-order valence-corrected chi connectivity index (χ2v) is 5.21. The minimum absolute atomic E-state index is 0.0165. The summed E-state index contributed by atoms with van der Waals surface area (Å²) in [7, 11) is 1.68. The number of fused-ring (bicyclic) bond motifs is 1. The normalized spacial score (nSPS) is 19.7. The van der Waals surface area contributed by atoms with Gasteiger partial charge in [-0.3, -0.25) is 0 Å². The summed E-state index contributed by atoms with van der Waals surface area (Å²) in [6.45, 7) is 1.74. The van der Waals surface area contributed by atoms with Crippen LogP contribution >= 0.6 is 0 Å². The van der Waals surface area contributed by atoms with Crippen LogP contribution in [0.1, 0.15) is 24.0 Å². The van der Waals surface area contributed by atoms with E-state index < -0.39 is 0 Å². The predicted octanol–water partition coefficient (Wildman–Crippen LogP) is 1.64. The lowest BCUT2D eigenvalue weighted by atomic mass is 10.0. The Morgan fingerprint density at radius 2 is 1.78 bits per heavy atom. The molecular formula is C14H19NO3. The lowest BCUT2D eigenvalue weighted by Crippen LogP contribution is -2.26. The van der Waals surface area contributed by atoms with Gasteiger partial charge in [0.25, 0.3) is 0 Å². The third-order valence-corrected chi connectivity index (χ3v) is 3.59. The first kappa shape index (κ1) is 11.8. The number of hydrogen-bond donors (Lipinski definition) is 1. The molecule has 1 aromatic rings. The quantitative estimate of drug-likeness (QED) is 0.881. The second kappa shape index (κ2) is 4.44. The van der Waals surface area contributed by atoms with Gasteiger partial charge in [-0.2, -0.15) is 0 Å². The molecule has 1 aliphatic heterocycles. The number of rotatable bonds is 4. The van der Waals surface area contributed by atoms with Crippen LogP contribution in [0, 0.1) is 0 Å². The van der Waals surface area contributed by atoms with Crippen molar-refractivity contribution in [3.63, 3.8) is 0 Å². The highest BCUT2D eigenvalue weighted by Crippen LogP contribution is 2.43. The SMILES string of the molecule is COCc1ccc(CC2(N)CC2)c2c1OCCO2. The average molecular weight is 249 g/mol. The van der Waals surface area contributed by atoms with Crippen molar-refractivity contribution in [1.82, 2.24) is 0 Å². The highest BCUT2D eigenvalue weighted by Gasteiger charge is 2.39. The van der Waals surface area contributed by atoms with Crippen molar-refractivity contribution in [2.24, 2.45) is 5.73 Å². The van der Waals surface area contributed by atoms with E-state index >= 15 is 0 Å². The molecule has 0 saturated heterocycles. The van der Waals surface area contributed by atoms with Gasteiger partial charge in [-0.1, -0.05) is 12.1 Å². The third kappa shape index (κ3) is 2.18. The minimum Gasteiger partial charge on any atom is -0.486 e. The van der Waals surface area contributed by atoms with E-state index in [1.807, 2.05) is 0 Å². The Morgan fingerprint density at radius 3 is 2.39 bits per heavy atom. The van der Waals surface area contributed by atoms with Gasteiger partial charge in [-0.05, 0) is 24.8 Å². The molecule has 4 heteroatoms. The fourth-order valence-electron chi connectivity index (χ4n) is 2.37. The van der Waals surface area contributed by atoms with E-state index in [-0.39, 0.29) is 5.54 Å². The van der Waals surface area contributed by atoms with Crippen LogP contribution in [0.5, 0.6) is 11.5 Å². The van der Waals surface area contributed by atoms with E-state index in [0.717, 1.165) is 41.9 Å². The van der Waals surface area contributed by atoms with E-state index in [9.17, 15) is 0 Å². The molecule has 18 heavy (non-hydrogen) atoms. The zero-order chi connectivity index (χ0) is 12.6. The molecule has 1 heterocycles. The molecule has 0 unspecified atom stereocenters. The first-order valence-electron chi connectivity index (χ1n) is 6.40. The second-order valence-electron chi connectivity index (χ2n) is 5.21. The molecule has 0 aromatic heterocycles. The number of ether oxygens (including phenoxy) is 3. The average Bonchev–Trinajstić information content (AvgIpc) is 3.11. The van der Waals surface area contributed by atoms with Gasteiger partial charge in [0.15, 0.2) is 11.5 Å². The fraction of sp³-hybridized carbons (Fsp3) is 0.571. The molecule has 98 valence electrons. The minimum atomic E-state index is -0.0165. The predicted molar refractivity (Wildman–Crippen MR) is 68.0 cm³/mol. The topological polar surface area (TPSA) is 53.7 Å². The maximum atomic E-state index is 6.19. The zero-order valence-electron chi connectivity index (χ0n) is 10.7. The van der Waals surface area contributed by atoms with Crippen molar-refractivity contribution in [2.75, 3.05) is 20.3 Å². The van der Waals surface area contributed by atoms with E-state index in [4.69, 9.17) is 19.9 Å². The molecule has 1 aliphatic carbocycles. The lowest BCUT2D eigenvalue weighted by molar-refractivity contribution is 0.152. The summed E-state index contributed by atoms with van der Waals surface area (Å²) in [6, 6.07) is 4.15. The van der Waals surface area contributed by atoms with Crippen LogP contribution in [0.25, 0.3) is 0 Å². The van der Waals surface area contributed by atoms with Gasteiger partial charge < -0.3 is 19.9 Å². The van der Waals surface area contributed by atoms with Gasteiger partial charge in [0, 0.05) is 18.2 Å². The van der Waals surface area contributed by atoms with Gasteiger partial charge in [-0.15, -0.1) is 0 Å². The highest BCUT2D eigenvalue weighted by atomic mass is 16.6. The van der Waals surface area contributed by atoms with Crippen LogP contribution in [0.3, 0.4) is 0 Å². The zero-order valence-corrected chi connectivity index (χ0v) is 10.7. The summed E-state index contributed by atoms with van der Waals surface area (Å²) >= 11 is 0. The van der Waals surface area contributed by atoms with Crippen LogP contribution in [0.4, 0.5) is 0 Å². The molecule has 0 bridgehead atoms. The van der Waals surface area contributed by atoms with Gasteiger partial charge in [0.1, 0.15) is 13.2 Å². The lowest BCUT2D eigenvalue weighted by Gasteiger charge is -2.24. The van der Waals surface area contributed by atoms with Crippen LogP contribution in [0.15, 0.2) is 12.1 Å². The molecular weight excluding hydrogens is 230 g/mol. The molecule has 4 nitrogen and oxygen atoms in total. The number of hydrogen-bond acceptors (Lipinski definition) is 4. The van der Waals surface area contributed by atoms with E-state index in [1.165, 1.54) is 0 Å². The summed E-state index contributed by atoms with van der Waals surface area (Å²) in [5, 5.41) is 0. The van der Waals surface area contributed by atoms with Crippen LogP contribution in [-0.2, 0) is 17.8 Å². The van der Waals surface area contributed by atoms with Gasteiger partial charge in [0.2, 0.25) is 0 Å². The van der Waals surface area contributed by atoms with Crippen LogP contribution in [-0.4, -0.2) is 25.9 Å². The molecule has 2 aliphatic rings. The number of methoxy groups -OCH3 is 1. The Bertz CT molecular complexity index is 455. The molecule has 0 radical (unpaired) electrons. The largest absolute Gasteiger partial charge is 0.486 e. The van der Waals surface area contributed by atoms with Crippen molar-refractivity contribution >= 4 is 0 Å². The van der Waals surface area contributed by atoms with Gasteiger partial charge in [0.05, 0.1) is 6.61 Å². The first-order valence-corrected chi connectivity index (χ1v) is 6.40. The molecule has 0 atom stereocenters. The monoisotopic (exact) mass is 249 g/mol. The maximum Gasteiger partial charge on any atom is 0.167 e. The van der Waals surface area contributed by atoms with Gasteiger partial charge >= 0.3 is 0 Å². The van der Waals surface area contributed by atoms with Crippen molar-refractivity contribution in [2.45, 2.75) is 31.4 Å². The first-order chi connectivity index (χ1) is 8.72. The smallest absolute Gasteiger partial charge is 0.167 e. The highest BCUT2D eigenvalue weighted by molar-refractivity contribution is 5.53. The van der Waals surface area contributed by atoms with Crippen molar-refractivity contribution in [1.29, 1.82) is 0 Å². The standard InChI is InChI=1S/C14H19NO3/c1-16-9-11-3-2-10(8-14(15)4-5-14)12-13(11)18-7-6-17-12/h2-3H,4-9,15H2,1H3. The third-order valence-electron chi connectivity index (χ3n) is 3.59. The summed E-state index contributed by atoms with van der Waals surface area (Å²) in [6.07, 6.45) is 3.07.